The van der Waals surface area contributed by atoms with Gasteiger partial charge in [-0.2, -0.15) is 0 Å². The Balaban J connectivity index is 2.21. The van der Waals surface area contributed by atoms with Crippen LogP contribution in [0.1, 0.15) is 23.5 Å². The number of nitrogens with zero attached hydrogens (tertiary/aromatic N) is 1. The van der Waals surface area contributed by atoms with E-state index in [9.17, 15) is 9.59 Å². The van der Waals surface area contributed by atoms with Crippen molar-refractivity contribution in [3.63, 3.8) is 0 Å². The summed E-state index contributed by atoms with van der Waals surface area (Å²) in [5.74, 6) is -1.54. The summed E-state index contributed by atoms with van der Waals surface area (Å²) in [6.45, 7) is 4.21. The van der Waals surface area contributed by atoms with Crippen LogP contribution in [0, 0.1) is 5.92 Å². The van der Waals surface area contributed by atoms with Crippen molar-refractivity contribution in [2.45, 2.75) is 13.8 Å². The Morgan fingerprint density at radius 2 is 2.05 bits per heavy atom. The maximum atomic E-state index is 12.4. The van der Waals surface area contributed by atoms with Crippen LogP contribution in [0.4, 0.5) is 0 Å². The minimum atomic E-state index is -0.882. The van der Waals surface area contributed by atoms with Crippen molar-refractivity contribution in [1.29, 1.82) is 0 Å². The summed E-state index contributed by atoms with van der Waals surface area (Å²) in [5.41, 5.74) is 0. The first-order valence-electron chi connectivity index (χ1n) is 6.53. The number of hydrogen-bond acceptors (Lipinski definition) is 3. The van der Waals surface area contributed by atoms with E-state index in [1.807, 2.05) is 37.3 Å². The normalized spacial score (nSPS) is 12.3. The molecule has 0 saturated carbocycles. The maximum Gasteiger partial charge on any atom is 0.308 e. The van der Waals surface area contributed by atoms with Gasteiger partial charge in [0.15, 0.2) is 0 Å². The van der Waals surface area contributed by atoms with Crippen LogP contribution < -0.4 is 0 Å². The van der Waals surface area contributed by atoms with Crippen LogP contribution in [0.25, 0.3) is 10.1 Å². The van der Waals surface area contributed by atoms with Gasteiger partial charge < -0.3 is 10.0 Å². The molecule has 4 nitrogen and oxygen atoms in total. The van der Waals surface area contributed by atoms with Gasteiger partial charge in [0.1, 0.15) is 0 Å². The number of aliphatic carboxylic acids is 1. The molecule has 5 heteroatoms. The first-order chi connectivity index (χ1) is 9.52. The molecule has 106 valence electrons. The van der Waals surface area contributed by atoms with E-state index in [4.69, 9.17) is 5.11 Å². The topological polar surface area (TPSA) is 57.6 Å². The zero-order valence-corrected chi connectivity index (χ0v) is 12.3. The van der Waals surface area contributed by atoms with Crippen LogP contribution in [0.15, 0.2) is 30.3 Å². The highest BCUT2D eigenvalue weighted by Gasteiger charge is 2.21. The van der Waals surface area contributed by atoms with Crippen LogP contribution >= 0.6 is 11.3 Å². The van der Waals surface area contributed by atoms with Gasteiger partial charge in [0.25, 0.3) is 5.91 Å². The summed E-state index contributed by atoms with van der Waals surface area (Å²) in [6.07, 6.45) is 0. The molecular formula is C15H17NO3S. The first-order valence-corrected chi connectivity index (χ1v) is 7.35. The molecule has 20 heavy (non-hydrogen) atoms. The Hall–Kier alpha value is -1.88. The highest BCUT2D eigenvalue weighted by atomic mass is 32.1. The number of amides is 1. The smallest absolute Gasteiger partial charge is 0.308 e. The minimum absolute atomic E-state index is 0.0956. The van der Waals surface area contributed by atoms with Crippen molar-refractivity contribution in [3.05, 3.63) is 35.2 Å². The molecule has 0 radical (unpaired) electrons. The summed E-state index contributed by atoms with van der Waals surface area (Å²) in [7, 11) is 0. The van der Waals surface area contributed by atoms with Gasteiger partial charge in [0.2, 0.25) is 0 Å². The Kier molecular flexibility index (Phi) is 4.39. The van der Waals surface area contributed by atoms with Crippen LogP contribution in [0.2, 0.25) is 0 Å². The predicted molar refractivity (Wildman–Crippen MR) is 80.2 cm³/mol. The molecule has 2 aromatic rings. The Morgan fingerprint density at radius 1 is 1.35 bits per heavy atom. The van der Waals surface area contributed by atoms with Crippen LogP contribution in [0.5, 0.6) is 0 Å². The number of carbonyl (C=O) groups excluding carboxylic acids is 1. The largest absolute Gasteiger partial charge is 0.481 e. The van der Waals surface area contributed by atoms with Crippen molar-refractivity contribution in [2.24, 2.45) is 5.92 Å². The molecular weight excluding hydrogens is 274 g/mol. The van der Waals surface area contributed by atoms with Crippen molar-refractivity contribution < 1.29 is 14.7 Å². The van der Waals surface area contributed by atoms with E-state index < -0.39 is 11.9 Å². The lowest BCUT2D eigenvalue weighted by Gasteiger charge is -2.22. The number of carboxylic acids is 1. The fraction of sp³-hybridized carbons (Fsp3) is 0.333. The number of benzene rings is 1. The standard InChI is InChI=1S/C15H17NO3S/c1-3-16(9-10(2)15(18)19)14(17)13-8-11-6-4-5-7-12(11)20-13/h4-8,10H,3,9H2,1-2H3,(H,18,19). The molecule has 0 saturated heterocycles. The third kappa shape index (κ3) is 2.99. The second-order valence-electron chi connectivity index (χ2n) is 4.73. The third-order valence-electron chi connectivity index (χ3n) is 3.22. The molecule has 0 bridgehead atoms. The van der Waals surface area contributed by atoms with Gasteiger partial charge in [-0.15, -0.1) is 11.3 Å². The van der Waals surface area contributed by atoms with E-state index in [0.717, 1.165) is 10.1 Å². The Bertz CT molecular complexity index is 602. The molecule has 1 N–H and O–H groups in total. The van der Waals surface area contributed by atoms with E-state index in [2.05, 4.69) is 0 Å². The van der Waals surface area contributed by atoms with Crippen molar-refractivity contribution >= 4 is 33.3 Å². The summed E-state index contributed by atoms with van der Waals surface area (Å²) in [4.78, 5) is 25.6. The number of rotatable bonds is 5. The third-order valence-corrected chi connectivity index (χ3v) is 4.33. The van der Waals surface area contributed by atoms with Gasteiger partial charge in [-0.05, 0) is 24.4 Å². The number of fused-ring (bicyclic) bond motifs is 1. The van der Waals surface area contributed by atoms with Gasteiger partial charge in [-0.3, -0.25) is 9.59 Å². The quantitative estimate of drug-likeness (QED) is 0.921. The summed E-state index contributed by atoms with van der Waals surface area (Å²) < 4.78 is 1.07. The average Bonchev–Trinajstić information content (AvgIpc) is 2.87. The van der Waals surface area contributed by atoms with Crippen LogP contribution in [-0.2, 0) is 4.79 Å². The molecule has 1 atom stereocenters. The van der Waals surface area contributed by atoms with Gasteiger partial charge >= 0.3 is 5.97 Å². The fourth-order valence-corrected chi connectivity index (χ4v) is 3.04. The molecule has 0 aliphatic heterocycles. The van der Waals surface area contributed by atoms with Crippen LogP contribution in [0.3, 0.4) is 0 Å². The van der Waals surface area contributed by atoms with E-state index in [0.29, 0.717) is 11.4 Å². The molecule has 0 aliphatic carbocycles. The SMILES string of the molecule is CCN(CC(C)C(=O)O)C(=O)c1cc2ccccc2s1. The number of carbonyl (C=O) groups is 2. The molecule has 2 rings (SSSR count). The summed E-state index contributed by atoms with van der Waals surface area (Å²) in [5, 5.41) is 10.0. The van der Waals surface area contributed by atoms with Gasteiger partial charge in [0, 0.05) is 17.8 Å². The van der Waals surface area contributed by atoms with E-state index in [1.165, 1.54) is 11.3 Å². The predicted octanol–water partition coefficient (Wildman–Crippen LogP) is 3.08. The zero-order valence-electron chi connectivity index (χ0n) is 11.5. The molecule has 0 fully saturated rings. The number of hydrogen-bond donors (Lipinski definition) is 1. The lowest BCUT2D eigenvalue weighted by atomic mass is 10.1. The molecule has 1 aromatic heterocycles. The maximum absolute atomic E-state index is 12.4. The summed E-state index contributed by atoms with van der Waals surface area (Å²) >= 11 is 1.45. The summed E-state index contributed by atoms with van der Waals surface area (Å²) in [6, 6.07) is 9.70. The second-order valence-corrected chi connectivity index (χ2v) is 5.82. The zero-order chi connectivity index (χ0) is 14.7. The molecule has 1 heterocycles. The fourth-order valence-electron chi connectivity index (χ4n) is 2.01. The van der Waals surface area contributed by atoms with E-state index in [1.54, 1.807) is 11.8 Å². The average molecular weight is 291 g/mol. The lowest BCUT2D eigenvalue weighted by molar-refractivity contribution is -0.141. The minimum Gasteiger partial charge on any atom is -0.481 e. The molecule has 1 unspecified atom stereocenters. The Labute approximate surface area is 121 Å². The highest BCUT2D eigenvalue weighted by molar-refractivity contribution is 7.20. The van der Waals surface area contributed by atoms with E-state index >= 15 is 0 Å². The molecule has 0 aliphatic rings. The van der Waals surface area contributed by atoms with Crippen molar-refractivity contribution in [2.75, 3.05) is 13.1 Å². The number of thiophene rings is 1. The lowest BCUT2D eigenvalue weighted by Crippen LogP contribution is -2.36. The Morgan fingerprint density at radius 3 is 2.65 bits per heavy atom. The van der Waals surface area contributed by atoms with Crippen molar-refractivity contribution in [1.82, 2.24) is 4.90 Å². The van der Waals surface area contributed by atoms with Gasteiger partial charge in [-0.25, -0.2) is 0 Å². The highest BCUT2D eigenvalue weighted by Crippen LogP contribution is 2.26. The monoisotopic (exact) mass is 291 g/mol. The van der Waals surface area contributed by atoms with Crippen molar-refractivity contribution in [3.8, 4) is 0 Å². The molecule has 1 aromatic carbocycles. The molecule has 0 spiro atoms. The van der Waals surface area contributed by atoms with Crippen LogP contribution in [-0.4, -0.2) is 35.0 Å². The second kappa shape index (κ2) is 6.05. The first kappa shape index (κ1) is 14.5. The van der Waals surface area contributed by atoms with E-state index in [-0.39, 0.29) is 12.5 Å². The van der Waals surface area contributed by atoms with Gasteiger partial charge in [-0.1, -0.05) is 25.1 Å². The van der Waals surface area contributed by atoms with Gasteiger partial charge in [0.05, 0.1) is 10.8 Å². The number of carboxylic acid groups (broad SMARTS) is 1. The molecule has 1 amide bonds.